The van der Waals surface area contributed by atoms with Gasteiger partial charge in [0.2, 0.25) is 0 Å². The number of anilines is 2. The largest absolute Gasteiger partial charge is 0.397 e. The third-order valence-corrected chi connectivity index (χ3v) is 2.91. The summed E-state index contributed by atoms with van der Waals surface area (Å²) in [7, 11) is 0. The fraction of sp³-hybridized carbons (Fsp3) is 0.133. The van der Waals surface area contributed by atoms with Crippen LogP contribution in [0.5, 0.6) is 0 Å². The number of aromatic amines is 2. The van der Waals surface area contributed by atoms with E-state index in [-0.39, 0.29) is 5.69 Å². The molecule has 0 saturated heterocycles. The smallest absolute Gasteiger partial charge is 0.323 e. The van der Waals surface area contributed by atoms with Gasteiger partial charge < -0.3 is 21.4 Å². The molecule has 0 atom stereocenters. The zero-order valence-corrected chi connectivity index (χ0v) is 11.5. The minimum absolute atomic E-state index is 0.148. The van der Waals surface area contributed by atoms with Crippen molar-refractivity contribution in [2.24, 2.45) is 0 Å². The van der Waals surface area contributed by atoms with Crippen LogP contribution in [0, 0.1) is 13.8 Å². The van der Waals surface area contributed by atoms with E-state index in [4.69, 9.17) is 11.5 Å². The highest BCUT2D eigenvalue weighted by Gasteiger charge is 1.95. The molecular formula is C15H18N4O. The van der Waals surface area contributed by atoms with Crippen molar-refractivity contribution in [1.29, 1.82) is 0 Å². The molecule has 0 aliphatic heterocycles. The molecule has 104 valence electrons. The molecule has 5 heteroatoms. The van der Waals surface area contributed by atoms with Gasteiger partial charge in [-0.25, -0.2) is 4.79 Å². The van der Waals surface area contributed by atoms with Gasteiger partial charge in [-0.1, -0.05) is 12.1 Å². The topological polar surface area (TPSA) is 101 Å². The summed E-state index contributed by atoms with van der Waals surface area (Å²) in [6, 6.07) is 11.4. The van der Waals surface area contributed by atoms with Gasteiger partial charge in [-0.3, -0.25) is 0 Å². The maximum Gasteiger partial charge on any atom is 0.323 e. The highest BCUT2D eigenvalue weighted by molar-refractivity contribution is 5.74. The lowest BCUT2D eigenvalue weighted by Crippen LogP contribution is -1.99. The second-order valence-corrected chi connectivity index (χ2v) is 4.76. The number of benzene rings is 2. The first kappa shape index (κ1) is 13.7. The standard InChI is InChI=1S/C8H8N2O.C7H10N2/c1-5-2-3-6-7(4-5)10-8(11)9-6;1-5-2-3-6(8)7(9)4-5/h2-4H,1H3,(H2,9,10,11);2-4H,8-9H2,1H3. The molecule has 0 radical (unpaired) electrons. The van der Waals surface area contributed by atoms with Gasteiger partial charge in [-0.05, 0) is 49.2 Å². The maximum absolute atomic E-state index is 10.8. The Balaban J connectivity index is 0.000000151. The molecule has 20 heavy (non-hydrogen) atoms. The molecule has 6 N–H and O–H groups in total. The van der Waals surface area contributed by atoms with Crippen LogP contribution < -0.4 is 17.2 Å². The van der Waals surface area contributed by atoms with Crippen LogP contribution in [0.25, 0.3) is 11.0 Å². The monoisotopic (exact) mass is 270 g/mol. The van der Waals surface area contributed by atoms with Crippen LogP contribution >= 0.6 is 0 Å². The summed E-state index contributed by atoms with van der Waals surface area (Å²) in [5, 5.41) is 0. The minimum atomic E-state index is -0.148. The predicted molar refractivity (Wildman–Crippen MR) is 83.7 cm³/mol. The van der Waals surface area contributed by atoms with E-state index in [2.05, 4.69) is 9.97 Å². The van der Waals surface area contributed by atoms with Crippen molar-refractivity contribution in [3.8, 4) is 0 Å². The number of nitrogens with one attached hydrogen (secondary N) is 2. The summed E-state index contributed by atoms with van der Waals surface area (Å²) in [4.78, 5) is 16.2. The Hall–Kier alpha value is -2.69. The molecule has 1 aromatic heterocycles. The molecule has 0 unspecified atom stereocenters. The van der Waals surface area contributed by atoms with Gasteiger partial charge in [0.1, 0.15) is 0 Å². The molecule has 0 amide bonds. The minimum Gasteiger partial charge on any atom is -0.397 e. The Kier molecular flexibility index (Phi) is 3.79. The fourth-order valence-corrected chi connectivity index (χ4v) is 1.84. The number of fused-ring (bicyclic) bond motifs is 1. The van der Waals surface area contributed by atoms with Crippen molar-refractivity contribution in [3.63, 3.8) is 0 Å². The Bertz CT molecular complexity index is 786. The number of rotatable bonds is 0. The number of hydrogen-bond donors (Lipinski definition) is 4. The lowest BCUT2D eigenvalue weighted by atomic mass is 10.2. The number of nitrogen functional groups attached to an aromatic ring is 2. The number of hydrogen-bond acceptors (Lipinski definition) is 3. The van der Waals surface area contributed by atoms with Crippen molar-refractivity contribution in [2.45, 2.75) is 13.8 Å². The van der Waals surface area contributed by atoms with Crippen LogP contribution in [0.15, 0.2) is 41.2 Å². The molecule has 0 bridgehead atoms. The van der Waals surface area contributed by atoms with Crippen LogP contribution in [-0.2, 0) is 0 Å². The van der Waals surface area contributed by atoms with Crippen LogP contribution in [0.1, 0.15) is 11.1 Å². The number of H-pyrrole nitrogens is 2. The van der Waals surface area contributed by atoms with Gasteiger partial charge in [0.15, 0.2) is 0 Å². The Morgan fingerprint density at radius 1 is 0.800 bits per heavy atom. The predicted octanol–water partition coefficient (Wildman–Crippen LogP) is 2.32. The quantitative estimate of drug-likeness (QED) is 0.471. The van der Waals surface area contributed by atoms with E-state index in [0.717, 1.165) is 22.2 Å². The lowest BCUT2D eigenvalue weighted by Gasteiger charge is -1.98. The van der Waals surface area contributed by atoms with Crippen molar-refractivity contribution < 1.29 is 0 Å². The first-order chi connectivity index (χ1) is 9.45. The van der Waals surface area contributed by atoms with Gasteiger partial charge in [0.25, 0.3) is 0 Å². The number of imidazole rings is 1. The third kappa shape index (κ3) is 3.20. The van der Waals surface area contributed by atoms with Crippen LogP contribution in [0.4, 0.5) is 11.4 Å². The second kappa shape index (κ2) is 5.52. The molecule has 3 aromatic rings. The summed E-state index contributed by atoms with van der Waals surface area (Å²) in [6.45, 7) is 3.97. The number of nitrogens with two attached hydrogens (primary N) is 2. The van der Waals surface area contributed by atoms with Crippen molar-refractivity contribution in [1.82, 2.24) is 9.97 Å². The van der Waals surface area contributed by atoms with Gasteiger partial charge in [-0.15, -0.1) is 0 Å². The lowest BCUT2D eigenvalue weighted by molar-refractivity contribution is 1.21. The fourth-order valence-electron chi connectivity index (χ4n) is 1.84. The van der Waals surface area contributed by atoms with Gasteiger partial charge >= 0.3 is 5.69 Å². The molecule has 5 nitrogen and oxygen atoms in total. The van der Waals surface area contributed by atoms with E-state index in [0.29, 0.717) is 11.4 Å². The van der Waals surface area contributed by atoms with Crippen molar-refractivity contribution in [2.75, 3.05) is 11.5 Å². The van der Waals surface area contributed by atoms with Crippen LogP contribution in [0.3, 0.4) is 0 Å². The molecule has 0 aliphatic carbocycles. The maximum atomic E-state index is 10.8. The zero-order chi connectivity index (χ0) is 14.7. The van der Waals surface area contributed by atoms with E-state index < -0.39 is 0 Å². The molecule has 1 heterocycles. The number of aromatic nitrogens is 2. The van der Waals surface area contributed by atoms with E-state index in [9.17, 15) is 4.79 Å². The molecule has 2 aromatic carbocycles. The molecular weight excluding hydrogens is 252 g/mol. The van der Waals surface area contributed by atoms with E-state index >= 15 is 0 Å². The highest BCUT2D eigenvalue weighted by atomic mass is 16.1. The highest BCUT2D eigenvalue weighted by Crippen LogP contribution is 2.14. The Morgan fingerprint density at radius 3 is 2.05 bits per heavy atom. The molecule has 3 rings (SSSR count). The van der Waals surface area contributed by atoms with Gasteiger partial charge in [0, 0.05) is 0 Å². The average molecular weight is 270 g/mol. The summed E-state index contributed by atoms with van der Waals surface area (Å²) < 4.78 is 0. The summed E-state index contributed by atoms with van der Waals surface area (Å²) in [5.41, 5.74) is 16.1. The van der Waals surface area contributed by atoms with Gasteiger partial charge in [0.05, 0.1) is 22.4 Å². The van der Waals surface area contributed by atoms with Crippen LogP contribution in [0.2, 0.25) is 0 Å². The second-order valence-electron chi connectivity index (χ2n) is 4.76. The molecule has 0 aliphatic rings. The van der Waals surface area contributed by atoms with E-state index in [1.807, 2.05) is 50.2 Å². The average Bonchev–Trinajstić information content (AvgIpc) is 2.74. The summed E-state index contributed by atoms with van der Waals surface area (Å²) in [6.07, 6.45) is 0. The molecule has 0 saturated carbocycles. The SMILES string of the molecule is Cc1ccc(N)c(N)c1.Cc1ccc2[nH]c(=O)[nH]c2c1. The van der Waals surface area contributed by atoms with E-state index in [1.165, 1.54) is 0 Å². The van der Waals surface area contributed by atoms with Crippen molar-refractivity contribution >= 4 is 22.4 Å². The van der Waals surface area contributed by atoms with Crippen LogP contribution in [-0.4, -0.2) is 9.97 Å². The Morgan fingerprint density at radius 2 is 1.40 bits per heavy atom. The third-order valence-electron chi connectivity index (χ3n) is 2.91. The normalized spacial score (nSPS) is 10.1. The van der Waals surface area contributed by atoms with E-state index in [1.54, 1.807) is 0 Å². The molecule has 0 fully saturated rings. The summed E-state index contributed by atoms with van der Waals surface area (Å²) in [5.74, 6) is 0. The number of aryl methyl sites for hydroxylation is 2. The van der Waals surface area contributed by atoms with Gasteiger partial charge in [-0.2, -0.15) is 0 Å². The van der Waals surface area contributed by atoms with Crippen molar-refractivity contribution in [3.05, 3.63) is 58.0 Å². The first-order valence-corrected chi connectivity index (χ1v) is 6.26. The summed E-state index contributed by atoms with van der Waals surface area (Å²) >= 11 is 0. The molecule has 0 spiro atoms. The zero-order valence-electron chi connectivity index (χ0n) is 11.5. The Labute approximate surface area is 116 Å². The first-order valence-electron chi connectivity index (χ1n) is 6.26.